The molecule has 1 aliphatic heterocycles. The van der Waals surface area contributed by atoms with Gasteiger partial charge in [0.05, 0.1) is 10.7 Å². The fourth-order valence-electron chi connectivity index (χ4n) is 2.16. The molecule has 1 unspecified atom stereocenters. The molecule has 1 aromatic carbocycles. The van der Waals surface area contributed by atoms with E-state index in [0.717, 1.165) is 25.2 Å². The van der Waals surface area contributed by atoms with E-state index in [0.29, 0.717) is 11.1 Å². The van der Waals surface area contributed by atoms with Crippen LogP contribution in [0.25, 0.3) is 0 Å². The molecule has 1 atom stereocenters. The summed E-state index contributed by atoms with van der Waals surface area (Å²) in [6, 6.07) is 4.99. The van der Waals surface area contributed by atoms with E-state index in [4.69, 9.17) is 11.6 Å². The number of nitrogens with one attached hydrogen (secondary N) is 1. The molecule has 2 rings (SSSR count). The standard InChI is InChI=1S/C12H16ClFN2/c1-15-10-3-2-6-16(8-10)12-7-9(14)4-5-11(12)13/h4-5,7,10,15H,2-3,6,8H2,1H3. The quantitative estimate of drug-likeness (QED) is 0.858. The summed E-state index contributed by atoms with van der Waals surface area (Å²) in [7, 11) is 1.96. The van der Waals surface area contributed by atoms with Gasteiger partial charge in [-0.25, -0.2) is 4.39 Å². The predicted molar refractivity (Wildman–Crippen MR) is 65.7 cm³/mol. The van der Waals surface area contributed by atoms with Crippen LogP contribution in [0.3, 0.4) is 0 Å². The Hall–Kier alpha value is -0.800. The number of piperidine rings is 1. The number of anilines is 1. The number of hydrogen-bond acceptors (Lipinski definition) is 2. The molecule has 0 aromatic heterocycles. The lowest BCUT2D eigenvalue weighted by atomic mass is 10.1. The van der Waals surface area contributed by atoms with Crippen LogP contribution in [0.5, 0.6) is 0 Å². The summed E-state index contributed by atoms with van der Waals surface area (Å²) in [6.07, 6.45) is 2.28. The maximum atomic E-state index is 13.2. The molecule has 0 amide bonds. The van der Waals surface area contributed by atoms with Crippen molar-refractivity contribution in [3.05, 3.63) is 29.0 Å². The predicted octanol–water partition coefficient (Wildman–Crippen LogP) is 2.67. The van der Waals surface area contributed by atoms with Crippen molar-refractivity contribution in [1.82, 2.24) is 5.32 Å². The average Bonchev–Trinajstić information content (AvgIpc) is 2.32. The summed E-state index contributed by atoms with van der Waals surface area (Å²) in [5.41, 5.74) is 0.807. The maximum Gasteiger partial charge on any atom is 0.125 e. The summed E-state index contributed by atoms with van der Waals surface area (Å²) >= 11 is 6.09. The van der Waals surface area contributed by atoms with Crippen LogP contribution in [0.15, 0.2) is 18.2 Å². The van der Waals surface area contributed by atoms with Gasteiger partial charge in [0, 0.05) is 19.1 Å². The zero-order valence-electron chi connectivity index (χ0n) is 9.34. The summed E-state index contributed by atoms with van der Waals surface area (Å²) in [4.78, 5) is 2.15. The minimum atomic E-state index is -0.231. The number of hydrogen-bond donors (Lipinski definition) is 1. The van der Waals surface area contributed by atoms with Crippen LogP contribution < -0.4 is 10.2 Å². The second-order valence-electron chi connectivity index (χ2n) is 4.17. The Bertz CT molecular complexity index is 370. The lowest BCUT2D eigenvalue weighted by molar-refractivity contribution is 0.449. The van der Waals surface area contributed by atoms with Crippen molar-refractivity contribution in [2.75, 3.05) is 25.0 Å². The van der Waals surface area contributed by atoms with Crippen LogP contribution in [0.1, 0.15) is 12.8 Å². The second-order valence-corrected chi connectivity index (χ2v) is 4.58. The Labute approximate surface area is 100 Å². The summed E-state index contributed by atoms with van der Waals surface area (Å²) in [6.45, 7) is 1.83. The Morgan fingerprint density at radius 3 is 3.06 bits per heavy atom. The highest BCUT2D eigenvalue weighted by molar-refractivity contribution is 6.33. The van der Waals surface area contributed by atoms with Crippen molar-refractivity contribution < 1.29 is 4.39 Å². The normalized spacial score (nSPS) is 21.2. The first-order valence-corrected chi connectivity index (χ1v) is 5.96. The topological polar surface area (TPSA) is 15.3 Å². The molecule has 4 heteroatoms. The van der Waals surface area contributed by atoms with E-state index >= 15 is 0 Å². The molecule has 0 saturated carbocycles. The highest BCUT2D eigenvalue weighted by Gasteiger charge is 2.20. The van der Waals surface area contributed by atoms with Crippen molar-refractivity contribution in [3.8, 4) is 0 Å². The fraction of sp³-hybridized carbons (Fsp3) is 0.500. The van der Waals surface area contributed by atoms with Crippen LogP contribution in [-0.2, 0) is 0 Å². The van der Waals surface area contributed by atoms with E-state index in [1.807, 2.05) is 7.05 Å². The summed E-state index contributed by atoms with van der Waals surface area (Å²) < 4.78 is 13.2. The molecule has 88 valence electrons. The third kappa shape index (κ3) is 2.47. The molecule has 1 N–H and O–H groups in total. The Kier molecular flexibility index (Phi) is 3.66. The fourth-order valence-corrected chi connectivity index (χ4v) is 2.40. The van der Waals surface area contributed by atoms with E-state index in [-0.39, 0.29) is 5.82 Å². The molecule has 1 aromatic rings. The molecule has 0 radical (unpaired) electrons. The Balaban J connectivity index is 2.19. The molecule has 0 spiro atoms. The van der Waals surface area contributed by atoms with Gasteiger partial charge in [0.15, 0.2) is 0 Å². The highest BCUT2D eigenvalue weighted by Crippen LogP contribution is 2.28. The molecule has 0 aliphatic carbocycles. The van der Waals surface area contributed by atoms with Gasteiger partial charge in [-0.15, -0.1) is 0 Å². The van der Waals surface area contributed by atoms with Gasteiger partial charge >= 0.3 is 0 Å². The van der Waals surface area contributed by atoms with Gasteiger partial charge in [-0.3, -0.25) is 0 Å². The summed E-state index contributed by atoms with van der Waals surface area (Å²) in [5.74, 6) is -0.231. The first kappa shape index (κ1) is 11.7. The molecule has 1 aliphatic rings. The number of benzene rings is 1. The van der Waals surface area contributed by atoms with Crippen LogP contribution in [0, 0.1) is 5.82 Å². The van der Waals surface area contributed by atoms with Crippen LogP contribution in [0.2, 0.25) is 5.02 Å². The van der Waals surface area contributed by atoms with Gasteiger partial charge in [0.25, 0.3) is 0 Å². The van der Waals surface area contributed by atoms with Gasteiger partial charge in [-0.05, 0) is 38.1 Å². The molecular weight excluding hydrogens is 227 g/mol. The Morgan fingerprint density at radius 2 is 2.31 bits per heavy atom. The zero-order valence-corrected chi connectivity index (χ0v) is 10.1. The summed E-state index contributed by atoms with van der Waals surface area (Å²) in [5, 5.41) is 3.88. The zero-order chi connectivity index (χ0) is 11.5. The third-order valence-electron chi connectivity index (χ3n) is 3.08. The van der Waals surface area contributed by atoms with Gasteiger partial charge < -0.3 is 10.2 Å². The minimum absolute atomic E-state index is 0.231. The van der Waals surface area contributed by atoms with E-state index in [2.05, 4.69) is 10.2 Å². The molecule has 1 fully saturated rings. The van der Waals surface area contributed by atoms with Crippen LogP contribution in [0.4, 0.5) is 10.1 Å². The first-order chi connectivity index (χ1) is 7.70. The second kappa shape index (κ2) is 5.02. The van der Waals surface area contributed by atoms with Crippen molar-refractivity contribution in [2.45, 2.75) is 18.9 Å². The third-order valence-corrected chi connectivity index (χ3v) is 3.40. The molecular formula is C12H16ClFN2. The van der Waals surface area contributed by atoms with Gasteiger partial charge in [0.2, 0.25) is 0 Å². The monoisotopic (exact) mass is 242 g/mol. The molecule has 0 bridgehead atoms. The van der Waals surface area contributed by atoms with E-state index in [9.17, 15) is 4.39 Å². The molecule has 1 saturated heterocycles. The van der Waals surface area contributed by atoms with Gasteiger partial charge in [0.1, 0.15) is 5.82 Å². The molecule has 2 nitrogen and oxygen atoms in total. The molecule has 16 heavy (non-hydrogen) atoms. The smallest absolute Gasteiger partial charge is 0.125 e. The average molecular weight is 243 g/mol. The van der Waals surface area contributed by atoms with Crippen molar-refractivity contribution in [3.63, 3.8) is 0 Å². The van der Waals surface area contributed by atoms with E-state index in [1.165, 1.54) is 18.6 Å². The SMILES string of the molecule is CNC1CCCN(c2cc(F)ccc2Cl)C1. The molecule has 1 heterocycles. The minimum Gasteiger partial charge on any atom is -0.369 e. The highest BCUT2D eigenvalue weighted by atomic mass is 35.5. The van der Waals surface area contributed by atoms with Gasteiger partial charge in [-0.2, -0.15) is 0 Å². The first-order valence-electron chi connectivity index (χ1n) is 5.58. The lowest BCUT2D eigenvalue weighted by Crippen LogP contribution is -2.44. The van der Waals surface area contributed by atoms with E-state index < -0.39 is 0 Å². The van der Waals surface area contributed by atoms with Crippen molar-refractivity contribution in [2.24, 2.45) is 0 Å². The van der Waals surface area contributed by atoms with Crippen molar-refractivity contribution >= 4 is 17.3 Å². The number of rotatable bonds is 2. The lowest BCUT2D eigenvalue weighted by Gasteiger charge is -2.34. The van der Waals surface area contributed by atoms with Crippen LogP contribution >= 0.6 is 11.6 Å². The Morgan fingerprint density at radius 1 is 1.50 bits per heavy atom. The number of nitrogens with zero attached hydrogens (tertiary/aromatic N) is 1. The van der Waals surface area contributed by atoms with Crippen LogP contribution in [-0.4, -0.2) is 26.2 Å². The van der Waals surface area contributed by atoms with E-state index in [1.54, 1.807) is 6.07 Å². The largest absolute Gasteiger partial charge is 0.369 e. The maximum absolute atomic E-state index is 13.2. The van der Waals surface area contributed by atoms with Gasteiger partial charge in [-0.1, -0.05) is 11.6 Å². The van der Waals surface area contributed by atoms with Crippen molar-refractivity contribution in [1.29, 1.82) is 0 Å². The number of halogens is 2. The number of likely N-dealkylation sites (N-methyl/N-ethyl adjacent to an activating group) is 1.